The summed E-state index contributed by atoms with van der Waals surface area (Å²) in [5.74, 6) is -1.10. The third-order valence-corrected chi connectivity index (χ3v) is 3.53. The van der Waals surface area contributed by atoms with Crippen molar-refractivity contribution < 1.29 is 9.90 Å². The van der Waals surface area contributed by atoms with Crippen molar-refractivity contribution in [2.75, 3.05) is 0 Å². The van der Waals surface area contributed by atoms with Crippen molar-refractivity contribution in [1.82, 2.24) is 15.0 Å². The van der Waals surface area contributed by atoms with Gasteiger partial charge < -0.3 is 10.8 Å². The Morgan fingerprint density at radius 3 is 2.60 bits per heavy atom. The number of nitrogens with zero attached hydrogens (tertiary/aromatic N) is 3. The Balaban J connectivity index is 2.32. The molecule has 1 atom stereocenters. The predicted octanol–water partition coefficient (Wildman–Crippen LogP) is 2.29. The van der Waals surface area contributed by atoms with E-state index in [9.17, 15) is 4.79 Å². The lowest BCUT2D eigenvalue weighted by Crippen LogP contribution is -2.32. The maximum atomic E-state index is 10.7. The third-order valence-electron chi connectivity index (χ3n) is 2.50. The molecule has 9 heteroatoms. The fourth-order valence-electron chi connectivity index (χ4n) is 1.57. The highest BCUT2D eigenvalue weighted by Crippen LogP contribution is 2.31. The Kier molecular flexibility index (Phi) is 4.64. The monoisotopic (exact) mass is 378 g/mol. The molecule has 106 valence electrons. The van der Waals surface area contributed by atoms with E-state index in [1.54, 1.807) is 18.3 Å². The van der Waals surface area contributed by atoms with Crippen LogP contribution in [0.15, 0.2) is 22.8 Å². The molecule has 0 aliphatic rings. The number of halogens is 3. The first-order chi connectivity index (χ1) is 9.38. The van der Waals surface area contributed by atoms with Crippen molar-refractivity contribution in [2.45, 2.75) is 12.5 Å². The average Bonchev–Trinajstić information content (AvgIpc) is 2.75. The summed E-state index contributed by atoms with van der Waals surface area (Å²) in [7, 11) is 0. The van der Waals surface area contributed by atoms with Gasteiger partial charge in [0.1, 0.15) is 11.7 Å². The lowest BCUT2D eigenvalue weighted by molar-refractivity contribution is -0.138. The number of carboxylic acid groups (broad SMARTS) is 1. The van der Waals surface area contributed by atoms with Crippen molar-refractivity contribution in [3.05, 3.63) is 38.5 Å². The molecule has 0 bridgehead atoms. The summed E-state index contributed by atoms with van der Waals surface area (Å²) in [5.41, 5.74) is 6.35. The Bertz CT molecular complexity index is 639. The molecule has 0 saturated heterocycles. The summed E-state index contributed by atoms with van der Waals surface area (Å²) >= 11 is 15.5. The topological polar surface area (TPSA) is 94.0 Å². The third kappa shape index (κ3) is 3.29. The highest BCUT2D eigenvalue weighted by Gasteiger charge is 2.16. The van der Waals surface area contributed by atoms with Gasteiger partial charge in [0, 0.05) is 10.9 Å². The number of benzene rings is 1. The molecule has 2 rings (SSSR count). The lowest BCUT2D eigenvalue weighted by atomic mass is 10.2. The standard InChI is InChI=1S/C11H9BrCl2N4O2/c12-5-1-7(13)10(8(14)2-5)18-4-6(16-17-18)3-9(15)11(19)20/h1-2,4,9H,3,15H2,(H,19,20). The van der Waals surface area contributed by atoms with Crippen molar-refractivity contribution >= 4 is 45.1 Å². The Labute approximate surface area is 132 Å². The van der Waals surface area contributed by atoms with E-state index < -0.39 is 12.0 Å². The molecule has 0 radical (unpaired) electrons. The van der Waals surface area contributed by atoms with Gasteiger partial charge in [-0.15, -0.1) is 5.10 Å². The molecule has 0 aliphatic carbocycles. The summed E-state index contributed by atoms with van der Waals surface area (Å²) in [6.07, 6.45) is 1.62. The van der Waals surface area contributed by atoms with Crippen LogP contribution in [0.1, 0.15) is 5.69 Å². The molecule has 1 aromatic carbocycles. The number of carbonyl (C=O) groups is 1. The van der Waals surface area contributed by atoms with Crippen LogP contribution >= 0.6 is 39.1 Å². The second-order valence-corrected chi connectivity index (χ2v) is 5.75. The van der Waals surface area contributed by atoms with Crippen LogP contribution in [0.4, 0.5) is 0 Å². The smallest absolute Gasteiger partial charge is 0.320 e. The molecule has 0 aliphatic heterocycles. The zero-order valence-electron chi connectivity index (χ0n) is 9.92. The van der Waals surface area contributed by atoms with Crippen LogP contribution in [0.5, 0.6) is 0 Å². The summed E-state index contributed by atoms with van der Waals surface area (Å²) < 4.78 is 2.13. The second-order valence-electron chi connectivity index (χ2n) is 4.02. The van der Waals surface area contributed by atoms with Crippen molar-refractivity contribution in [3.8, 4) is 5.69 Å². The van der Waals surface area contributed by atoms with Gasteiger partial charge in [0.15, 0.2) is 0 Å². The predicted molar refractivity (Wildman–Crippen MR) is 78.4 cm³/mol. The summed E-state index contributed by atoms with van der Waals surface area (Å²) in [4.78, 5) is 10.7. The number of rotatable bonds is 4. The van der Waals surface area contributed by atoms with Gasteiger partial charge in [0.2, 0.25) is 0 Å². The minimum Gasteiger partial charge on any atom is -0.480 e. The van der Waals surface area contributed by atoms with E-state index in [0.717, 1.165) is 4.47 Å². The van der Waals surface area contributed by atoms with Gasteiger partial charge in [-0.2, -0.15) is 0 Å². The van der Waals surface area contributed by atoms with Crippen LogP contribution in [0.3, 0.4) is 0 Å². The fourth-order valence-corrected chi connectivity index (χ4v) is 2.95. The summed E-state index contributed by atoms with van der Waals surface area (Å²) in [6.45, 7) is 0. The zero-order valence-corrected chi connectivity index (χ0v) is 13.0. The van der Waals surface area contributed by atoms with E-state index in [1.165, 1.54) is 4.68 Å². The van der Waals surface area contributed by atoms with Gasteiger partial charge in [-0.05, 0) is 12.1 Å². The van der Waals surface area contributed by atoms with Crippen LogP contribution in [-0.2, 0) is 11.2 Å². The van der Waals surface area contributed by atoms with E-state index >= 15 is 0 Å². The van der Waals surface area contributed by atoms with Crippen LogP contribution in [0.2, 0.25) is 10.0 Å². The highest BCUT2D eigenvalue weighted by molar-refractivity contribution is 9.10. The number of hydrogen-bond donors (Lipinski definition) is 2. The molecule has 0 saturated carbocycles. The Morgan fingerprint density at radius 2 is 2.05 bits per heavy atom. The summed E-state index contributed by atoms with van der Waals surface area (Å²) in [6, 6.07) is 2.32. The largest absolute Gasteiger partial charge is 0.480 e. The van der Waals surface area contributed by atoms with E-state index in [-0.39, 0.29) is 6.42 Å². The van der Waals surface area contributed by atoms with Crippen molar-refractivity contribution in [3.63, 3.8) is 0 Å². The van der Waals surface area contributed by atoms with Gasteiger partial charge >= 0.3 is 5.97 Å². The SMILES string of the molecule is NC(Cc1cn(-c2c(Cl)cc(Br)cc2Cl)nn1)C(=O)O. The molecule has 0 fully saturated rings. The van der Waals surface area contributed by atoms with Crippen LogP contribution in [0.25, 0.3) is 5.69 Å². The first kappa shape index (κ1) is 15.2. The quantitative estimate of drug-likeness (QED) is 0.849. The number of nitrogens with two attached hydrogens (primary N) is 1. The number of carboxylic acids is 1. The molecule has 1 heterocycles. The Hall–Kier alpha value is -1.15. The van der Waals surface area contributed by atoms with E-state index in [0.29, 0.717) is 21.4 Å². The molecular weight excluding hydrogens is 371 g/mol. The van der Waals surface area contributed by atoms with Gasteiger partial charge in [-0.1, -0.05) is 44.3 Å². The fraction of sp³-hybridized carbons (Fsp3) is 0.182. The molecular formula is C11H9BrCl2N4O2. The number of hydrogen-bond acceptors (Lipinski definition) is 4. The molecule has 2 aromatic rings. The van der Waals surface area contributed by atoms with Crippen LogP contribution < -0.4 is 5.73 Å². The van der Waals surface area contributed by atoms with E-state index in [4.69, 9.17) is 34.0 Å². The highest BCUT2D eigenvalue weighted by atomic mass is 79.9. The van der Waals surface area contributed by atoms with Gasteiger partial charge in [0.05, 0.1) is 21.9 Å². The van der Waals surface area contributed by atoms with Gasteiger partial charge in [-0.25, -0.2) is 4.68 Å². The van der Waals surface area contributed by atoms with Crippen LogP contribution in [-0.4, -0.2) is 32.1 Å². The molecule has 1 aromatic heterocycles. The molecule has 3 N–H and O–H groups in total. The Morgan fingerprint density at radius 1 is 1.45 bits per heavy atom. The zero-order chi connectivity index (χ0) is 14.9. The first-order valence-corrected chi connectivity index (χ1v) is 6.98. The molecule has 1 unspecified atom stereocenters. The first-order valence-electron chi connectivity index (χ1n) is 5.43. The lowest BCUT2D eigenvalue weighted by Gasteiger charge is -2.06. The van der Waals surface area contributed by atoms with E-state index in [1.807, 2.05) is 0 Å². The summed E-state index contributed by atoms with van der Waals surface area (Å²) in [5, 5.41) is 17.3. The van der Waals surface area contributed by atoms with Crippen molar-refractivity contribution in [1.29, 1.82) is 0 Å². The normalized spacial score (nSPS) is 12.4. The molecule has 0 amide bonds. The number of aromatic nitrogens is 3. The second kappa shape index (κ2) is 6.09. The van der Waals surface area contributed by atoms with Gasteiger partial charge in [0.25, 0.3) is 0 Å². The maximum Gasteiger partial charge on any atom is 0.320 e. The minimum atomic E-state index is -1.10. The molecule has 20 heavy (non-hydrogen) atoms. The van der Waals surface area contributed by atoms with Crippen molar-refractivity contribution in [2.24, 2.45) is 5.73 Å². The average molecular weight is 380 g/mol. The van der Waals surface area contributed by atoms with Gasteiger partial charge in [-0.3, -0.25) is 4.79 Å². The molecule has 6 nitrogen and oxygen atoms in total. The molecule has 0 spiro atoms. The minimum absolute atomic E-state index is 0.0705. The van der Waals surface area contributed by atoms with E-state index in [2.05, 4.69) is 26.2 Å². The number of aliphatic carboxylic acids is 1. The maximum absolute atomic E-state index is 10.7. The van der Waals surface area contributed by atoms with Crippen LogP contribution in [0, 0.1) is 0 Å².